The molecule has 6 nitrogen and oxygen atoms in total. The minimum absolute atomic E-state index is 0.0442. The van der Waals surface area contributed by atoms with Crippen LogP contribution >= 0.6 is 23.1 Å². The SMILES string of the molecule is O=C(c1[nH]nc2c1CCSc1sccc1-2)N1CCN(c2ccc(O)cc2)CC1. The fourth-order valence-electron chi connectivity index (χ4n) is 3.83. The number of aromatic amines is 1. The third-order valence-electron chi connectivity index (χ3n) is 5.33. The van der Waals surface area contributed by atoms with Gasteiger partial charge in [-0.05, 0) is 42.1 Å². The molecule has 1 saturated heterocycles. The van der Waals surface area contributed by atoms with Gasteiger partial charge in [-0.15, -0.1) is 23.1 Å². The minimum atomic E-state index is 0.0442. The van der Waals surface area contributed by atoms with Crippen LogP contribution in [-0.4, -0.2) is 58.0 Å². The van der Waals surface area contributed by atoms with Crippen LogP contribution in [0, 0.1) is 0 Å². The maximum absolute atomic E-state index is 13.2. The number of benzene rings is 1. The van der Waals surface area contributed by atoms with Gasteiger partial charge in [0, 0.05) is 48.7 Å². The predicted molar refractivity (Wildman–Crippen MR) is 113 cm³/mol. The number of carbonyl (C=O) groups is 1. The van der Waals surface area contributed by atoms with Gasteiger partial charge < -0.3 is 14.9 Å². The van der Waals surface area contributed by atoms with Gasteiger partial charge >= 0.3 is 0 Å². The third-order valence-corrected chi connectivity index (χ3v) is 7.57. The molecule has 2 aromatic heterocycles. The second kappa shape index (κ2) is 7.18. The van der Waals surface area contributed by atoms with Gasteiger partial charge in [0.2, 0.25) is 0 Å². The molecule has 1 fully saturated rings. The molecule has 2 N–H and O–H groups in total. The zero-order valence-corrected chi connectivity index (χ0v) is 16.9. The van der Waals surface area contributed by atoms with E-state index in [1.54, 1.807) is 23.5 Å². The molecule has 2 aliphatic heterocycles. The first-order valence-electron chi connectivity index (χ1n) is 9.32. The average molecular weight is 413 g/mol. The molecule has 1 aromatic carbocycles. The second-order valence-electron chi connectivity index (χ2n) is 6.94. The van der Waals surface area contributed by atoms with Crippen LogP contribution in [0.2, 0.25) is 0 Å². The van der Waals surface area contributed by atoms with E-state index in [1.165, 1.54) is 4.21 Å². The highest BCUT2D eigenvalue weighted by molar-refractivity contribution is 8.01. The number of carbonyl (C=O) groups excluding carboxylic acids is 1. The van der Waals surface area contributed by atoms with E-state index < -0.39 is 0 Å². The van der Waals surface area contributed by atoms with E-state index >= 15 is 0 Å². The second-order valence-corrected chi connectivity index (χ2v) is 9.22. The van der Waals surface area contributed by atoms with E-state index in [4.69, 9.17) is 0 Å². The van der Waals surface area contributed by atoms with E-state index in [0.29, 0.717) is 18.8 Å². The van der Waals surface area contributed by atoms with Crippen molar-refractivity contribution >= 4 is 34.7 Å². The molecule has 28 heavy (non-hydrogen) atoms. The number of aromatic nitrogens is 2. The summed E-state index contributed by atoms with van der Waals surface area (Å²) in [6.45, 7) is 2.90. The number of thiophene rings is 1. The number of aromatic hydroxyl groups is 1. The summed E-state index contributed by atoms with van der Waals surface area (Å²) in [7, 11) is 0. The smallest absolute Gasteiger partial charge is 0.272 e. The Balaban J connectivity index is 1.33. The summed E-state index contributed by atoms with van der Waals surface area (Å²) in [6.07, 6.45) is 0.854. The Hall–Kier alpha value is -2.45. The van der Waals surface area contributed by atoms with Gasteiger partial charge in [-0.3, -0.25) is 9.89 Å². The highest BCUT2D eigenvalue weighted by Crippen LogP contribution is 2.41. The van der Waals surface area contributed by atoms with Gasteiger partial charge in [0.05, 0.1) is 9.90 Å². The normalized spacial score (nSPS) is 16.4. The van der Waals surface area contributed by atoms with E-state index in [-0.39, 0.29) is 11.7 Å². The molecule has 5 rings (SSSR count). The molecule has 0 spiro atoms. The molecule has 1 amide bonds. The molecule has 0 radical (unpaired) electrons. The lowest BCUT2D eigenvalue weighted by molar-refractivity contribution is 0.0740. The molecule has 4 heterocycles. The van der Waals surface area contributed by atoms with E-state index in [0.717, 1.165) is 47.8 Å². The molecule has 144 valence electrons. The Labute approximate surface area is 171 Å². The number of anilines is 1. The lowest BCUT2D eigenvalue weighted by Gasteiger charge is -2.36. The molecule has 2 aliphatic rings. The van der Waals surface area contributed by atoms with Crippen LogP contribution in [0.1, 0.15) is 16.1 Å². The van der Waals surface area contributed by atoms with Crippen LogP contribution in [0.5, 0.6) is 5.75 Å². The summed E-state index contributed by atoms with van der Waals surface area (Å²) in [6, 6.07) is 9.32. The van der Waals surface area contributed by atoms with Crippen molar-refractivity contribution in [3.05, 3.63) is 47.0 Å². The Morgan fingerprint density at radius 1 is 1.11 bits per heavy atom. The quantitative estimate of drug-likeness (QED) is 0.675. The highest BCUT2D eigenvalue weighted by Gasteiger charge is 2.29. The number of amides is 1. The van der Waals surface area contributed by atoms with Gasteiger partial charge in [-0.25, -0.2) is 0 Å². The number of rotatable bonds is 2. The summed E-state index contributed by atoms with van der Waals surface area (Å²) in [4.78, 5) is 17.3. The van der Waals surface area contributed by atoms with Gasteiger partial charge in [0.1, 0.15) is 11.4 Å². The standard InChI is InChI=1S/C20H20N4O2S2/c25-14-3-1-13(2-4-14)23-7-9-24(10-8-23)19(26)18-15-5-11-27-20-16(6-12-28-20)17(15)21-22-18/h1-4,6,12,25H,5,7-11H2,(H,21,22). The molecular weight excluding hydrogens is 392 g/mol. The van der Waals surface area contributed by atoms with E-state index in [9.17, 15) is 9.90 Å². The van der Waals surface area contributed by atoms with E-state index in [1.807, 2.05) is 28.8 Å². The number of H-pyrrole nitrogens is 1. The topological polar surface area (TPSA) is 72.5 Å². The van der Waals surface area contributed by atoms with Crippen LogP contribution in [0.25, 0.3) is 11.3 Å². The van der Waals surface area contributed by atoms with Gasteiger partial charge in [0.25, 0.3) is 5.91 Å². The number of phenols is 1. The van der Waals surface area contributed by atoms with Crippen molar-refractivity contribution in [3.63, 3.8) is 0 Å². The van der Waals surface area contributed by atoms with Crippen LogP contribution in [0.15, 0.2) is 39.9 Å². The number of nitrogens with one attached hydrogen (secondary N) is 1. The monoisotopic (exact) mass is 412 g/mol. The molecule has 0 unspecified atom stereocenters. The summed E-state index contributed by atoms with van der Waals surface area (Å²) < 4.78 is 1.28. The summed E-state index contributed by atoms with van der Waals surface area (Å²) in [5.41, 5.74) is 4.85. The zero-order valence-electron chi connectivity index (χ0n) is 15.2. The maximum atomic E-state index is 13.2. The molecular formula is C20H20N4O2S2. The van der Waals surface area contributed by atoms with Gasteiger partial charge in [0.15, 0.2) is 0 Å². The predicted octanol–water partition coefficient (Wildman–Crippen LogP) is 3.45. The van der Waals surface area contributed by atoms with Gasteiger partial charge in [-0.1, -0.05) is 0 Å². The molecule has 3 aromatic rings. The van der Waals surface area contributed by atoms with Crippen molar-refractivity contribution in [3.8, 4) is 17.0 Å². The van der Waals surface area contributed by atoms with Crippen molar-refractivity contribution in [2.75, 3.05) is 36.8 Å². The molecule has 0 bridgehead atoms. The number of thioether (sulfide) groups is 1. The molecule has 0 atom stereocenters. The molecule has 0 saturated carbocycles. The molecule has 0 aliphatic carbocycles. The van der Waals surface area contributed by atoms with E-state index in [2.05, 4.69) is 26.5 Å². The first-order valence-corrected chi connectivity index (χ1v) is 11.2. The highest BCUT2D eigenvalue weighted by atomic mass is 32.2. The number of phenolic OH excluding ortho intramolecular Hbond substituents is 1. The fourth-order valence-corrected chi connectivity index (χ4v) is 5.95. The van der Waals surface area contributed by atoms with Crippen molar-refractivity contribution in [1.29, 1.82) is 0 Å². The Morgan fingerprint density at radius 3 is 2.68 bits per heavy atom. The summed E-state index contributed by atoms with van der Waals surface area (Å²) >= 11 is 3.59. The maximum Gasteiger partial charge on any atom is 0.272 e. The van der Waals surface area contributed by atoms with Crippen molar-refractivity contribution in [1.82, 2.24) is 15.1 Å². The van der Waals surface area contributed by atoms with Crippen LogP contribution in [0.3, 0.4) is 0 Å². The van der Waals surface area contributed by atoms with Crippen molar-refractivity contribution < 1.29 is 9.90 Å². The average Bonchev–Trinajstić information content (AvgIpc) is 3.32. The number of nitrogens with zero attached hydrogens (tertiary/aromatic N) is 3. The Kier molecular flexibility index (Phi) is 4.52. The minimum Gasteiger partial charge on any atom is -0.508 e. The van der Waals surface area contributed by atoms with Gasteiger partial charge in [-0.2, -0.15) is 5.10 Å². The first-order chi connectivity index (χ1) is 13.7. The van der Waals surface area contributed by atoms with Crippen LogP contribution < -0.4 is 4.90 Å². The Morgan fingerprint density at radius 2 is 1.89 bits per heavy atom. The summed E-state index contributed by atoms with van der Waals surface area (Å²) in [5.74, 6) is 1.28. The lowest BCUT2D eigenvalue weighted by atomic mass is 10.1. The number of hydrogen-bond donors (Lipinski definition) is 2. The van der Waals surface area contributed by atoms with Crippen molar-refractivity contribution in [2.24, 2.45) is 0 Å². The number of piperazine rings is 1. The Bertz CT molecular complexity index is 1000. The lowest BCUT2D eigenvalue weighted by Crippen LogP contribution is -2.49. The summed E-state index contributed by atoms with van der Waals surface area (Å²) in [5, 5.41) is 19.1. The third kappa shape index (κ3) is 3.06. The number of hydrogen-bond acceptors (Lipinski definition) is 6. The van der Waals surface area contributed by atoms with Crippen LogP contribution in [-0.2, 0) is 6.42 Å². The van der Waals surface area contributed by atoms with Crippen molar-refractivity contribution in [2.45, 2.75) is 10.6 Å². The largest absolute Gasteiger partial charge is 0.508 e. The molecule has 8 heteroatoms. The zero-order chi connectivity index (χ0) is 19.1. The first kappa shape index (κ1) is 17.6. The van der Waals surface area contributed by atoms with Crippen LogP contribution in [0.4, 0.5) is 5.69 Å². The fraction of sp³-hybridized carbons (Fsp3) is 0.300. The number of fused-ring (bicyclic) bond motifs is 3.